The van der Waals surface area contributed by atoms with Gasteiger partial charge in [0.2, 0.25) is 12.1 Å². The van der Waals surface area contributed by atoms with Gasteiger partial charge in [0.05, 0.1) is 51.8 Å². The number of carbonyl (C=O) groups is 6. The van der Waals surface area contributed by atoms with E-state index >= 15 is 0 Å². The molecular weight excluding hydrogens is 994 g/mol. The standard InChI is InChI=1S/C48H45Cl5N8O8/c1-23(49)28-10-15-37(41(20-28)68-6)56-45(64)30-8-13-34(52)39(18-30)58-60-43(26(4)62)47(66)54-32-12-17-36(33(22-32)25(3)51)55-48(67)44(27(5)63)61-59-40-19-31(9-14-35(40)53)46(65)57-38-16-11-29(24(2)50)21-42(38)69-7/h8-25,43-44H,1-7H3,(H,54,66)(H,55,67)(H,56,64)(H,57,65). The van der Waals surface area contributed by atoms with Crippen LogP contribution in [0.4, 0.5) is 34.1 Å². The number of ketones is 2. The zero-order chi connectivity index (χ0) is 50.7. The van der Waals surface area contributed by atoms with Gasteiger partial charge in [-0.2, -0.15) is 20.5 Å². The minimum atomic E-state index is -1.66. The largest absolute Gasteiger partial charge is 0.495 e. The summed E-state index contributed by atoms with van der Waals surface area (Å²) in [6.07, 6.45) is 0. The van der Waals surface area contributed by atoms with Gasteiger partial charge in [0, 0.05) is 22.5 Å². The lowest BCUT2D eigenvalue weighted by atomic mass is 10.1. The first-order valence-electron chi connectivity index (χ1n) is 20.8. The Kier molecular flexibility index (Phi) is 18.8. The lowest BCUT2D eigenvalue weighted by molar-refractivity contribution is -0.127. The lowest BCUT2D eigenvalue weighted by Gasteiger charge is -2.17. The molecule has 16 nitrogen and oxygen atoms in total. The van der Waals surface area contributed by atoms with Crippen molar-refractivity contribution < 1.29 is 38.2 Å². The van der Waals surface area contributed by atoms with E-state index in [-0.39, 0.29) is 54.7 Å². The molecule has 21 heteroatoms. The van der Waals surface area contributed by atoms with E-state index in [0.717, 1.165) is 25.0 Å². The molecule has 0 bridgehead atoms. The minimum Gasteiger partial charge on any atom is -0.495 e. The van der Waals surface area contributed by atoms with Crippen molar-refractivity contribution in [1.82, 2.24) is 0 Å². The van der Waals surface area contributed by atoms with Crippen molar-refractivity contribution in [2.75, 3.05) is 35.5 Å². The first kappa shape index (κ1) is 53.5. The molecule has 0 radical (unpaired) electrons. The molecule has 0 aliphatic rings. The monoisotopic (exact) mass is 1040 g/mol. The first-order chi connectivity index (χ1) is 32.7. The number of nitrogens with zero attached hydrogens (tertiary/aromatic N) is 4. The van der Waals surface area contributed by atoms with E-state index in [1.807, 2.05) is 0 Å². The van der Waals surface area contributed by atoms with E-state index in [0.29, 0.717) is 28.4 Å². The van der Waals surface area contributed by atoms with Crippen molar-refractivity contribution >= 4 is 127 Å². The van der Waals surface area contributed by atoms with Crippen LogP contribution >= 0.6 is 58.0 Å². The third kappa shape index (κ3) is 14.1. The third-order valence-corrected chi connectivity index (χ3v) is 11.5. The molecule has 5 rings (SSSR count). The number of hydrogen-bond acceptors (Lipinski definition) is 12. The van der Waals surface area contributed by atoms with Gasteiger partial charge in [-0.05, 0) is 130 Å². The molecule has 0 saturated heterocycles. The van der Waals surface area contributed by atoms with Crippen molar-refractivity contribution in [3.8, 4) is 11.5 Å². The van der Waals surface area contributed by atoms with Gasteiger partial charge in [0.1, 0.15) is 22.9 Å². The summed E-state index contributed by atoms with van der Waals surface area (Å²) in [7, 11) is 2.92. The number of Topliss-reactive ketones (excluding diaryl/α,β-unsaturated/α-hetero) is 2. The Hall–Kier alpha value is -6.43. The van der Waals surface area contributed by atoms with Crippen LogP contribution in [0.15, 0.2) is 111 Å². The minimum absolute atomic E-state index is 0.00111. The van der Waals surface area contributed by atoms with Crippen LogP contribution in [-0.4, -0.2) is 61.5 Å². The number of amides is 4. The number of nitrogens with one attached hydrogen (secondary N) is 4. The Balaban J connectivity index is 1.28. The van der Waals surface area contributed by atoms with E-state index in [9.17, 15) is 28.8 Å². The van der Waals surface area contributed by atoms with E-state index in [1.54, 1.807) is 57.2 Å². The lowest BCUT2D eigenvalue weighted by Crippen LogP contribution is -2.32. The number of azo groups is 2. The SMILES string of the molecule is COc1cc(C(C)Cl)ccc1NC(=O)c1ccc(Cl)c(N=NC(C(C)=O)C(=O)Nc2ccc(NC(=O)C(N=Nc3cc(C(=O)Nc4ccc(C(C)Cl)cc4OC)ccc3Cl)C(C)=O)c(C(C)Cl)c2)c1. The number of halogens is 5. The smallest absolute Gasteiger partial charge is 0.258 e. The van der Waals surface area contributed by atoms with Gasteiger partial charge in [0.15, 0.2) is 11.6 Å². The molecule has 0 spiro atoms. The molecule has 5 atom stereocenters. The fraction of sp³-hybridized carbons (Fsp3) is 0.250. The molecule has 0 fully saturated rings. The van der Waals surface area contributed by atoms with Crippen LogP contribution < -0.4 is 30.7 Å². The van der Waals surface area contributed by atoms with Gasteiger partial charge in [-0.25, -0.2) is 0 Å². The molecule has 5 unspecified atom stereocenters. The third-order valence-electron chi connectivity index (χ3n) is 10.1. The predicted molar refractivity (Wildman–Crippen MR) is 269 cm³/mol. The average Bonchev–Trinajstić information content (AvgIpc) is 3.30. The number of alkyl halides is 3. The molecule has 0 heterocycles. The maximum Gasteiger partial charge on any atom is 0.258 e. The molecule has 0 aromatic heterocycles. The summed E-state index contributed by atoms with van der Waals surface area (Å²) in [5.74, 6) is -3.35. The van der Waals surface area contributed by atoms with Crippen LogP contribution in [-0.2, 0) is 19.2 Å². The van der Waals surface area contributed by atoms with Crippen LogP contribution in [0.2, 0.25) is 10.0 Å². The first-order valence-corrected chi connectivity index (χ1v) is 22.9. The molecule has 0 saturated carbocycles. The molecule has 0 aliphatic carbocycles. The second kappa shape index (κ2) is 24.2. The molecule has 360 valence electrons. The molecule has 4 N–H and O–H groups in total. The fourth-order valence-electron chi connectivity index (χ4n) is 6.34. The highest BCUT2D eigenvalue weighted by atomic mass is 35.5. The molecule has 4 amide bonds. The Morgan fingerprint density at radius 2 is 0.928 bits per heavy atom. The number of rotatable bonds is 19. The Labute approximate surface area is 422 Å². The quantitative estimate of drug-likeness (QED) is 0.0353. The van der Waals surface area contributed by atoms with Gasteiger partial charge < -0.3 is 30.7 Å². The summed E-state index contributed by atoms with van der Waals surface area (Å²) < 4.78 is 10.8. The van der Waals surface area contributed by atoms with E-state index in [1.165, 1.54) is 68.8 Å². The average molecular weight is 1040 g/mol. The number of anilines is 4. The highest BCUT2D eigenvalue weighted by Crippen LogP contribution is 2.35. The Morgan fingerprint density at radius 3 is 1.32 bits per heavy atom. The summed E-state index contributed by atoms with van der Waals surface area (Å²) in [4.78, 5) is 79.0. The zero-order valence-corrected chi connectivity index (χ0v) is 41.8. The second-order valence-electron chi connectivity index (χ2n) is 15.2. The van der Waals surface area contributed by atoms with E-state index in [4.69, 9.17) is 67.5 Å². The number of hydrogen-bond donors (Lipinski definition) is 4. The summed E-state index contributed by atoms with van der Waals surface area (Å²) >= 11 is 31.7. The number of methoxy groups -OCH3 is 2. The van der Waals surface area contributed by atoms with Crippen LogP contribution in [0.1, 0.15) is 88.2 Å². The zero-order valence-electron chi connectivity index (χ0n) is 38.0. The van der Waals surface area contributed by atoms with Crippen LogP contribution in [0.5, 0.6) is 11.5 Å². The summed E-state index contributed by atoms with van der Waals surface area (Å²) in [6.45, 7) is 7.51. The van der Waals surface area contributed by atoms with Gasteiger partial charge in [0.25, 0.3) is 23.6 Å². The van der Waals surface area contributed by atoms with Crippen molar-refractivity contribution in [3.05, 3.63) is 129 Å². The van der Waals surface area contributed by atoms with Crippen LogP contribution in [0.3, 0.4) is 0 Å². The number of carbonyl (C=O) groups excluding carboxylic acids is 6. The fourth-order valence-corrected chi connectivity index (χ4v) is 7.10. The number of benzene rings is 5. The molecule has 5 aromatic rings. The highest BCUT2D eigenvalue weighted by Gasteiger charge is 2.27. The Morgan fingerprint density at radius 1 is 0.507 bits per heavy atom. The van der Waals surface area contributed by atoms with Crippen LogP contribution in [0, 0.1) is 0 Å². The van der Waals surface area contributed by atoms with Gasteiger partial charge in [-0.3, -0.25) is 28.8 Å². The molecule has 69 heavy (non-hydrogen) atoms. The van der Waals surface area contributed by atoms with Gasteiger partial charge >= 0.3 is 0 Å². The van der Waals surface area contributed by atoms with Crippen molar-refractivity contribution in [1.29, 1.82) is 0 Å². The van der Waals surface area contributed by atoms with Crippen molar-refractivity contribution in [2.45, 2.75) is 62.8 Å². The molecule has 0 aliphatic heterocycles. The van der Waals surface area contributed by atoms with Crippen molar-refractivity contribution in [3.63, 3.8) is 0 Å². The van der Waals surface area contributed by atoms with E-state index in [2.05, 4.69) is 41.7 Å². The molecule has 5 aromatic carbocycles. The normalized spacial score (nSPS) is 13.4. The van der Waals surface area contributed by atoms with Gasteiger partial charge in [-0.1, -0.05) is 35.3 Å². The topological polar surface area (TPSA) is 218 Å². The number of ether oxygens (including phenoxy) is 2. The van der Waals surface area contributed by atoms with E-state index < -0.39 is 52.7 Å². The van der Waals surface area contributed by atoms with Gasteiger partial charge in [-0.15, -0.1) is 34.8 Å². The second-order valence-corrected chi connectivity index (χ2v) is 18.0. The Bertz CT molecular complexity index is 2860. The maximum absolute atomic E-state index is 13.6. The molecular formula is C48H45Cl5N8O8. The summed E-state index contributed by atoms with van der Waals surface area (Å²) in [6, 6.07) is 19.7. The predicted octanol–water partition coefficient (Wildman–Crippen LogP) is 12.8. The van der Waals surface area contributed by atoms with Crippen LogP contribution in [0.25, 0.3) is 0 Å². The maximum atomic E-state index is 13.6. The summed E-state index contributed by atoms with van der Waals surface area (Å²) in [5.41, 5.74) is 3.29. The highest BCUT2D eigenvalue weighted by molar-refractivity contribution is 6.33. The van der Waals surface area contributed by atoms with Crippen molar-refractivity contribution in [2.24, 2.45) is 20.5 Å². The summed E-state index contributed by atoms with van der Waals surface area (Å²) in [5, 5.41) is 25.7.